The van der Waals surface area contributed by atoms with Gasteiger partial charge in [-0.15, -0.1) is 0 Å². The van der Waals surface area contributed by atoms with E-state index in [1.54, 1.807) is 31.4 Å². The van der Waals surface area contributed by atoms with E-state index in [4.69, 9.17) is 9.47 Å². The minimum atomic E-state index is -0.973. The monoisotopic (exact) mass is 412 g/mol. The van der Waals surface area contributed by atoms with Gasteiger partial charge in [0.2, 0.25) is 0 Å². The lowest BCUT2D eigenvalue weighted by Gasteiger charge is -2.08. The molecule has 0 amide bonds. The van der Waals surface area contributed by atoms with Crippen LogP contribution in [0, 0.1) is 23.0 Å². The summed E-state index contributed by atoms with van der Waals surface area (Å²) >= 11 is 0.991. The number of methoxy groups -OCH3 is 1. The first-order chi connectivity index (χ1) is 14.0. The summed E-state index contributed by atoms with van der Waals surface area (Å²) in [5.74, 6) is -2.41. The number of nitriles is 1. The highest BCUT2D eigenvalue weighted by Gasteiger charge is 2.14. The molecule has 1 heterocycles. The molecule has 0 aliphatic carbocycles. The Morgan fingerprint density at radius 2 is 2.00 bits per heavy atom. The standard InChI is InChI=1S/C21H14F2N2O3S/c1-27-16-4-2-3-13(9-16)18-7-5-14(11-24)21(25-18)29-12-20(26)28-19-8-6-15(22)10-17(19)23/h2-10H,12H2,1H3. The van der Waals surface area contributed by atoms with Gasteiger partial charge in [0, 0.05) is 11.6 Å². The highest BCUT2D eigenvalue weighted by atomic mass is 32.2. The number of benzene rings is 2. The van der Waals surface area contributed by atoms with Crippen LogP contribution in [-0.4, -0.2) is 23.8 Å². The van der Waals surface area contributed by atoms with Crippen molar-refractivity contribution >= 4 is 17.7 Å². The molecule has 0 saturated heterocycles. The molecular weight excluding hydrogens is 398 g/mol. The Morgan fingerprint density at radius 3 is 2.72 bits per heavy atom. The summed E-state index contributed by atoms with van der Waals surface area (Å²) < 4.78 is 36.7. The summed E-state index contributed by atoms with van der Waals surface area (Å²) in [5.41, 5.74) is 1.68. The lowest BCUT2D eigenvalue weighted by molar-refractivity contribution is -0.131. The van der Waals surface area contributed by atoms with Gasteiger partial charge in [-0.1, -0.05) is 23.9 Å². The first kappa shape index (κ1) is 20.3. The molecule has 0 aliphatic heterocycles. The molecule has 3 rings (SSSR count). The van der Waals surface area contributed by atoms with Gasteiger partial charge in [0.25, 0.3) is 0 Å². The second-order valence-corrected chi connectivity index (χ2v) is 6.69. The molecule has 1 aromatic heterocycles. The summed E-state index contributed by atoms with van der Waals surface area (Å²) in [7, 11) is 1.56. The van der Waals surface area contributed by atoms with Crippen molar-refractivity contribution < 1.29 is 23.0 Å². The molecule has 0 bridgehead atoms. The lowest BCUT2D eigenvalue weighted by atomic mass is 10.1. The largest absolute Gasteiger partial charge is 0.497 e. The van der Waals surface area contributed by atoms with Crippen LogP contribution in [0.2, 0.25) is 0 Å². The maximum atomic E-state index is 13.6. The van der Waals surface area contributed by atoms with Crippen molar-refractivity contribution in [3.63, 3.8) is 0 Å². The Balaban J connectivity index is 1.75. The summed E-state index contributed by atoms with van der Waals surface area (Å²) in [6, 6.07) is 15.2. The van der Waals surface area contributed by atoms with E-state index in [2.05, 4.69) is 4.98 Å². The predicted octanol–water partition coefficient (Wildman–Crippen LogP) is 4.60. The summed E-state index contributed by atoms with van der Waals surface area (Å²) in [5, 5.41) is 9.64. The van der Waals surface area contributed by atoms with Gasteiger partial charge >= 0.3 is 5.97 Å². The quantitative estimate of drug-likeness (QED) is 0.335. The highest BCUT2D eigenvalue weighted by molar-refractivity contribution is 7.99. The average molecular weight is 412 g/mol. The normalized spacial score (nSPS) is 10.3. The SMILES string of the molecule is COc1cccc(-c2ccc(C#N)c(SCC(=O)Oc3ccc(F)cc3F)n2)c1. The second-order valence-electron chi connectivity index (χ2n) is 5.73. The highest BCUT2D eigenvalue weighted by Crippen LogP contribution is 2.27. The van der Waals surface area contributed by atoms with Crippen LogP contribution in [-0.2, 0) is 4.79 Å². The first-order valence-corrected chi connectivity index (χ1v) is 9.33. The van der Waals surface area contributed by atoms with Gasteiger partial charge in [-0.25, -0.2) is 13.8 Å². The average Bonchev–Trinajstić information content (AvgIpc) is 2.74. The molecule has 0 spiro atoms. The molecule has 5 nitrogen and oxygen atoms in total. The second kappa shape index (κ2) is 9.17. The van der Waals surface area contributed by atoms with Crippen molar-refractivity contribution in [3.05, 3.63) is 71.8 Å². The number of rotatable bonds is 6. The number of carbonyl (C=O) groups excluding carboxylic acids is 1. The third-order valence-corrected chi connectivity index (χ3v) is 4.76. The van der Waals surface area contributed by atoms with E-state index in [1.165, 1.54) is 0 Å². The Morgan fingerprint density at radius 1 is 1.17 bits per heavy atom. The Bertz CT molecular complexity index is 1100. The number of carbonyl (C=O) groups is 1. The van der Waals surface area contributed by atoms with Crippen LogP contribution >= 0.6 is 11.8 Å². The molecule has 0 fully saturated rings. The van der Waals surface area contributed by atoms with Crippen LogP contribution in [0.4, 0.5) is 8.78 Å². The van der Waals surface area contributed by atoms with Crippen LogP contribution in [0.5, 0.6) is 11.5 Å². The third-order valence-electron chi connectivity index (χ3n) is 3.79. The van der Waals surface area contributed by atoms with Crippen molar-refractivity contribution in [2.45, 2.75) is 5.03 Å². The van der Waals surface area contributed by atoms with Crippen LogP contribution in [0.25, 0.3) is 11.3 Å². The fourth-order valence-corrected chi connectivity index (χ4v) is 3.16. The van der Waals surface area contributed by atoms with E-state index in [0.717, 1.165) is 29.5 Å². The molecule has 0 saturated carbocycles. The number of hydrogen-bond acceptors (Lipinski definition) is 6. The summed E-state index contributed by atoms with van der Waals surface area (Å²) in [4.78, 5) is 16.5. The zero-order valence-electron chi connectivity index (χ0n) is 15.2. The number of esters is 1. The van der Waals surface area contributed by atoms with Crippen LogP contribution in [0.1, 0.15) is 5.56 Å². The number of hydrogen-bond donors (Lipinski definition) is 0. The molecular formula is C21H14F2N2O3S. The number of thioether (sulfide) groups is 1. The molecule has 2 aromatic carbocycles. The fourth-order valence-electron chi connectivity index (χ4n) is 2.42. The van der Waals surface area contributed by atoms with E-state index in [9.17, 15) is 18.8 Å². The number of ether oxygens (including phenoxy) is 2. The van der Waals surface area contributed by atoms with Crippen LogP contribution < -0.4 is 9.47 Å². The van der Waals surface area contributed by atoms with Gasteiger partial charge in [0.1, 0.15) is 22.7 Å². The van der Waals surface area contributed by atoms with Gasteiger partial charge < -0.3 is 9.47 Å². The number of halogens is 2. The smallest absolute Gasteiger partial charge is 0.321 e. The van der Waals surface area contributed by atoms with Gasteiger partial charge in [-0.2, -0.15) is 5.26 Å². The summed E-state index contributed by atoms with van der Waals surface area (Å²) in [6.07, 6.45) is 0. The maximum Gasteiger partial charge on any atom is 0.321 e. The molecule has 0 N–H and O–H groups in total. The number of aromatic nitrogens is 1. The number of nitrogens with zero attached hydrogens (tertiary/aromatic N) is 2. The minimum absolute atomic E-state index is 0.208. The van der Waals surface area contributed by atoms with Gasteiger partial charge in [-0.3, -0.25) is 4.79 Å². The molecule has 0 atom stereocenters. The Hall–Kier alpha value is -3.44. The fraction of sp³-hybridized carbons (Fsp3) is 0.0952. The molecule has 0 radical (unpaired) electrons. The zero-order chi connectivity index (χ0) is 20.8. The first-order valence-electron chi connectivity index (χ1n) is 8.34. The van der Waals surface area contributed by atoms with Crippen molar-refractivity contribution in [1.82, 2.24) is 4.98 Å². The Labute approximate surface area is 169 Å². The van der Waals surface area contributed by atoms with Crippen molar-refractivity contribution in [3.8, 4) is 28.8 Å². The van der Waals surface area contributed by atoms with E-state index in [-0.39, 0.29) is 11.5 Å². The molecule has 0 aliphatic rings. The van der Waals surface area contributed by atoms with E-state index in [1.807, 2.05) is 18.2 Å². The van der Waals surface area contributed by atoms with E-state index in [0.29, 0.717) is 28.1 Å². The van der Waals surface area contributed by atoms with Gasteiger partial charge in [0.05, 0.1) is 24.1 Å². The van der Waals surface area contributed by atoms with Crippen molar-refractivity contribution in [1.29, 1.82) is 5.26 Å². The van der Waals surface area contributed by atoms with E-state index < -0.39 is 17.6 Å². The third kappa shape index (κ3) is 5.09. The lowest BCUT2D eigenvalue weighted by Crippen LogP contribution is -2.12. The predicted molar refractivity (Wildman–Crippen MR) is 104 cm³/mol. The Kier molecular flexibility index (Phi) is 6.42. The van der Waals surface area contributed by atoms with Crippen LogP contribution in [0.3, 0.4) is 0 Å². The van der Waals surface area contributed by atoms with Crippen LogP contribution in [0.15, 0.2) is 59.6 Å². The summed E-state index contributed by atoms with van der Waals surface area (Å²) in [6.45, 7) is 0. The number of pyridine rings is 1. The topological polar surface area (TPSA) is 72.2 Å². The molecule has 0 unspecified atom stereocenters. The zero-order valence-corrected chi connectivity index (χ0v) is 16.0. The van der Waals surface area contributed by atoms with Gasteiger partial charge in [-0.05, 0) is 36.4 Å². The molecule has 8 heteroatoms. The minimum Gasteiger partial charge on any atom is -0.497 e. The molecule has 146 valence electrons. The van der Waals surface area contributed by atoms with Gasteiger partial charge in [0.15, 0.2) is 11.6 Å². The van der Waals surface area contributed by atoms with Crippen molar-refractivity contribution in [2.75, 3.05) is 12.9 Å². The van der Waals surface area contributed by atoms with Crippen molar-refractivity contribution in [2.24, 2.45) is 0 Å². The maximum absolute atomic E-state index is 13.6. The molecule has 3 aromatic rings. The molecule has 29 heavy (non-hydrogen) atoms. The van der Waals surface area contributed by atoms with E-state index >= 15 is 0 Å².